The van der Waals surface area contributed by atoms with Crippen molar-refractivity contribution < 1.29 is 9.53 Å². The summed E-state index contributed by atoms with van der Waals surface area (Å²) < 4.78 is 5.48. The van der Waals surface area contributed by atoms with Crippen LogP contribution in [0.1, 0.15) is 28.7 Å². The molecule has 108 valence electrons. The third-order valence-corrected chi connectivity index (χ3v) is 4.02. The van der Waals surface area contributed by atoms with Gasteiger partial charge in [-0.25, -0.2) is 4.79 Å². The molecule has 0 spiro atoms. The van der Waals surface area contributed by atoms with E-state index in [-0.39, 0.29) is 5.92 Å². The zero-order valence-electron chi connectivity index (χ0n) is 11.6. The van der Waals surface area contributed by atoms with Gasteiger partial charge in [-0.15, -0.1) is 0 Å². The van der Waals surface area contributed by atoms with E-state index in [0.29, 0.717) is 16.2 Å². The van der Waals surface area contributed by atoms with Gasteiger partial charge in [-0.3, -0.25) is 0 Å². The number of carbonyl (C=O) groups is 1. The molecule has 0 aromatic heterocycles. The fourth-order valence-corrected chi connectivity index (χ4v) is 2.75. The van der Waals surface area contributed by atoms with Crippen molar-refractivity contribution in [3.63, 3.8) is 0 Å². The van der Waals surface area contributed by atoms with Crippen LogP contribution in [0.2, 0.25) is 5.02 Å². The molecule has 0 aliphatic carbocycles. The lowest BCUT2D eigenvalue weighted by Crippen LogP contribution is -2.07. The van der Waals surface area contributed by atoms with Crippen LogP contribution in [0, 0.1) is 11.3 Å². The lowest BCUT2D eigenvalue weighted by Gasteiger charge is -2.18. The molecule has 1 saturated heterocycles. The molecule has 2 aromatic carbocycles. The van der Waals surface area contributed by atoms with Crippen LogP contribution in [0.3, 0.4) is 0 Å². The summed E-state index contributed by atoms with van der Waals surface area (Å²) >= 11 is 5.92. The predicted molar refractivity (Wildman–Crippen MR) is 83.3 cm³/mol. The number of hydrogen-bond acceptors (Lipinski definition) is 3. The van der Waals surface area contributed by atoms with Gasteiger partial charge in [0.05, 0.1) is 17.6 Å². The molecule has 1 heterocycles. The molecule has 0 N–H and O–H groups in total. The number of hydrogen-bond donors (Lipinski definition) is 0. The number of ether oxygens (including phenoxy) is 1. The molecule has 0 amide bonds. The van der Waals surface area contributed by atoms with Gasteiger partial charge in [0.25, 0.3) is 0 Å². The highest BCUT2D eigenvalue weighted by Gasteiger charge is 2.40. The quantitative estimate of drug-likeness (QED) is 0.618. The van der Waals surface area contributed by atoms with Crippen molar-refractivity contribution in [2.75, 3.05) is 0 Å². The van der Waals surface area contributed by atoms with Crippen LogP contribution in [0.4, 0.5) is 0 Å². The first-order chi connectivity index (χ1) is 10.6. The van der Waals surface area contributed by atoms with Gasteiger partial charge in [0.1, 0.15) is 6.10 Å². The monoisotopic (exact) mass is 309 g/mol. The van der Waals surface area contributed by atoms with E-state index in [9.17, 15) is 4.79 Å². The van der Waals surface area contributed by atoms with E-state index >= 15 is 0 Å². The number of halogens is 1. The van der Waals surface area contributed by atoms with Crippen molar-refractivity contribution in [3.05, 3.63) is 82.4 Å². The molecule has 4 heteroatoms. The summed E-state index contributed by atoms with van der Waals surface area (Å²) in [6, 6.07) is 16.4. The van der Waals surface area contributed by atoms with Gasteiger partial charge >= 0.3 is 5.97 Å². The van der Waals surface area contributed by atoms with Gasteiger partial charge in [-0.1, -0.05) is 42.4 Å². The first-order valence-electron chi connectivity index (χ1n) is 6.75. The van der Waals surface area contributed by atoms with Gasteiger partial charge in [-0.05, 0) is 35.4 Å². The van der Waals surface area contributed by atoms with Gasteiger partial charge < -0.3 is 4.74 Å². The van der Waals surface area contributed by atoms with Gasteiger partial charge in [0.2, 0.25) is 0 Å². The molecule has 0 saturated carbocycles. The molecular formula is C18H12ClNO2. The molecule has 1 fully saturated rings. The van der Waals surface area contributed by atoms with Gasteiger partial charge in [0.15, 0.2) is 0 Å². The summed E-state index contributed by atoms with van der Waals surface area (Å²) in [5.74, 6) is -0.646. The minimum Gasteiger partial charge on any atom is -0.453 e. The minimum absolute atomic E-state index is 0.252. The van der Waals surface area contributed by atoms with E-state index in [1.165, 1.54) is 0 Å². The SMILES string of the molecule is C=C1C(=O)OC(c2ccc(C#N)cc2)C1c1ccc(Cl)cc1. The topological polar surface area (TPSA) is 50.1 Å². The van der Waals surface area contributed by atoms with Crippen molar-refractivity contribution in [2.24, 2.45) is 0 Å². The summed E-state index contributed by atoms with van der Waals surface area (Å²) in [6.45, 7) is 3.87. The van der Waals surface area contributed by atoms with Gasteiger partial charge in [0, 0.05) is 10.6 Å². The van der Waals surface area contributed by atoms with Crippen LogP contribution in [-0.2, 0) is 9.53 Å². The molecule has 1 aliphatic rings. The van der Waals surface area contributed by atoms with E-state index in [2.05, 4.69) is 12.6 Å². The number of nitriles is 1. The highest BCUT2D eigenvalue weighted by atomic mass is 35.5. The Morgan fingerprint density at radius 3 is 2.23 bits per heavy atom. The second-order valence-electron chi connectivity index (χ2n) is 5.11. The van der Waals surface area contributed by atoms with Crippen LogP contribution < -0.4 is 0 Å². The Bertz CT molecular complexity index is 772. The number of rotatable bonds is 2. The average molecular weight is 310 g/mol. The van der Waals surface area contributed by atoms with Crippen LogP contribution in [0.5, 0.6) is 0 Å². The van der Waals surface area contributed by atoms with Crippen LogP contribution >= 0.6 is 11.6 Å². The van der Waals surface area contributed by atoms with Crippen molar-refractivity contribution in [1.29, 1.82) is 5.26 Å². The lowest BCUT2D eigenvalue weighted by molar-refractivity contribution is -0.139. The average Bonchev–Trinajstić information content (AvgIpc) is 2.84. The highest BCUT2D eigenvalue weighted by molar-refractivity contribution is 6.30. The number of benzene rings is 2. The van der Waals surface area contributed by atoms with Gasteiger partial charge in [-0.2, -0.15) is 5.26 Å². The molecule has 2 atom stereocenters. The van der Waals surface area contributed by atoms with Crippen LogP contribution in [0.15, 0.2) is 60.7 Å². The largest absolute Gasteiger partial charge is 0.453 e. The van der Waals surface area contributed by atoms with Crippen molar-refractivity contribution in [3.8, 4) is 6.07 Å². The Labute approximate surface area is 133 Å². The molecule has 2 aromatic rings. The molecule has 0 radical (unpaired) electrons. The van der Waals surface area contributed by atoms with Crippen LogP contribution in [-0.4, -0.2) is 5.97 Å². The fraction of sp³-hybridized carbons (Fsp3) is 0.111. The normalized spacial score (nSPS) is 20.5. The molecule has 1 aliphatic heterocycles. The minimum atomic E-state index is -0.436. The number of esters is 1. The van der Waals surface area contributed by atoms with E-state index < -0.39 is 12.1 Å². The van der Waals surface area contributed by atoms with Crippen molar-refractivity contribution in [1.82, 2.24) is 0 Å². The fourth-order valence-electron chi connectivity index (χ4n) is 2.62. The molecule has 22 heavy (non-hydrogen) atoms. The molecule has 0 bridgehead atoms. The summed E-state index contributed by atoms with van der Waals surface area (Å²) in [7, 11) is 0. The first-order valence-corrected chi connectivity index (χ1v) is 7.13. The Morgan fingerprint density at radius 2 is 1.64 bits per heavy atom. The number of nitrogens with zero attached hydrogens (tertiary/aromatic N) is 1. The van der Waals surface area contributed by atoms with Crippen molar-refractivity contribution >= 4 is 17.6 Å². The smallest absolute Gasteiger partial charge is 0.334 e. The summed E-state index contributed by atoms with van der Waals surface area (Å²) in [4.78, 5) is 11.9. The summed E-state index contributed by atoms with van der Waals surface area (Å²) in [5, 5.41) is 9.51. The number of cyclic esters (lactones) is 1. The predicted octanol–water partition coefficient (Wildman–Crippen LogP) is 4.15. The lowest BCUT2D eigenvalue weighted by atomic mass is 9.86. The van der Waals surface area contributed by atoms with Crippen molar-refractivity contribution in [2.45, 2.75) is 12.0 Å². The summed E-state index contributed by atoms with van der Waals surface area (Å²) in [5.41, 5.74) is 2.76. The van der Waals surface area contributed by atoms with Crippen LogP contribution in [0.25, 0.3) is 0 Å². The van der Waals surface area contributed by atoms with E-state index in [0.717, 1.165) is 11.1 Å². The zero-order valence-corrected chi connectivity index (χ0v) is 12.4. The molecule has 3 rings (SSSR count). The first kappa shape index (κ1) is 14.4. The second-order valence-corrected chi connectivity index (χ2v) is 5.55. The Balaban J connectivity index is 2.01. The molecule has 3 nitrogen and oxygen atoms in total. The van der Waals surface area contributed by atoms with E-state index in [1.807, 2.05) is 12.1 Å². The van der Waals surface area contributed by atoms with E-state index in [1.54, 1.807) is 36.4 Å². The maximum absolute atomic E-state index is 11.9. The Kier molecular flexibility index (Phi) is 3.70. The Hall–Kier alpha value is -2.57. The standard InChI is InChI=1S/C18H12ClNO2/c1-11-16(13-6-8-15(19)9-7-13)17(22-18(11)21)14-4-2-12(10-20)3-5-14/h2-9,16-17H,1H2. The number of carbonyl (C=O) groups excluding carboxylic acids is 1. The van der Waals surface area contributed by atoms with E-state index in [4.69, 9.17) is 21.6 Å². The Morgan fingerprint density at radius 1 is 1.05 bits per heavy atom. The third kappa shape index (κ3) is 2.49. The summed E-state index contributed by atoms with van der Waals surface area (Å²) in [6.07, 6.45) is -0.436. The molecular weight excluding hydrogens is 298 g/mol. The maximum Gasteiger partial charge on any atom is 0.334 e. The second kappa shape index (κ2) is 5.67. The highest BCUT2D eigenvalue weighted by Crippen LogP contribution is 2.45. The maximum atomic E-state index is 11.9. The third-order valence-electron chi connectivity index (χ3n) is 3.77. The zero-order chi connectivity index (χ0) is 15.7. The molecule has 2 unspecified atom stereocenters.